The summed E-state index contributed by atoms with van der Waals surface area (Å²) in [6.07, 6.45) is 7.34. The number of hydrogen-bond acceptors (Lipinski definition) is 6. The molecule has 0 unspecified atom stereocenters. The number of fused-ring (bicyclic) bond motifs is 3. The molecule has 0 radical (unpaired) electrons. The van der Waals surface area contributed by atoms with Gasteiger partial charge in [0.1, 0.15) is 4.83 Å². The van der Waals surface area contributed by atoms with E-state index in [1.54, 1.807) is 15.9 Å². The normalized spacial score (nSPS) is 16.3. The fourth-order valence-corrected chi connectivity index (χ4v) is 6.21. The molecule has 28 heavy (non-hydrogen) atoms. The highest BCUT2D eigenvalue weighted by molar-refractivity contribution is 7.99. The quantitative estimate of drug-likeness (QED) is 0.391. The summed E-state index contributed by atoms with van der Waals surface area (Å²) >= 11 is 2.91. The van der Waals surface area contributed by atoms with Gasteiger partial charge in [-0.1, -0.05) is 31.5 Å². The highest BCUT2D eigenvalue weighted by Gasteiger charge is 2.27. The summed E-state index contributed by atoms with van der Waals surface area (Å²) in [7, 11) is 0. The lowest BCUT2D eigenvalue weighted by molar-refractivity contribution is -0.140. The van der Waals surface area contributed by atoms with Crippen molar-refractivity contribution in [2.45, 2.75) is 70.0 Å². The van der Waals surface area contributed by atoms with Gasteiger partial charge in [0.2, 0.25) is 11.8 Å². The maximum Gasteiger partial charge on any atom is 0.263 e. The molecule has 1 fully saturated rings. The van der Waals surface area contributed by atoms with Gasteiger partial charge in [0, 0.05) is 24.4 Å². The van der Waals surface area contributed by atoms with Crippen LogP contribution in [0.3, 0.4) is 0 Å². The van der Waals surface area contributed by atoms with Crippen LogP contribution < -0.4 is 5.56 Å². The molecule has 1 aliphatic heterocycles. The maximum atomic E-state index is 13.3. The molecule has 1 aliphatic carbocycles. The Balaban J connectivity index is 1.63. The number of imide groups is 1. The van der Waals surface area contributed by atoms with E-state index in [1.807, 2.05) is 0 Å². The molecule has 8 heteroatoms. The lowest BCUT2D eigenvalue weighted by atomic mass is 10.2. The number of hydrogen-bond donors (Lipinski definition) is 0. The number of thiophene rings is 1. The molecule has 0 spiro atoms. The van der Waals surface area contributed by atoms with Crippen LogP contribution in [0.15, 0.2) is 9.95 Å². The first-order chi connectivity index (χ1) is 13.6. The van der Waals surface area contributed by atoms with Crippen molar-refractivity contribution in [2.75, 3.05) is 12.3 Å². The Morgan fingerprint density at radius 2 is 2.04 bits per heavy atom. The van der Waals surface area contributed by atoms with E-state index in [0.717, 1.165) is 55.2 Å². The molecule has 0 bridgehead atoms. The molecule has 3 heterocycles. The molecule has 2 aromatic rings. The monoisotopic (exact) mass is 419 g/mol. The second-order valence-corrected chi connectivity index (χ2v) is 9.45. The van der Waals surface area contributed by atoms with Gasteiger partial charge in [-0.2, -0.15) is 0 Å². The number of amides is 2. The van der Waals surface area contributed by atoms with Crippen LogP contribution >= 0.6 is 23.1 Å². The SMILES string of the molecule is CCCCCn1c(SCC(=O)N2CCCC2=O)nc2sc3c(c2c1=O)CCC3. The average Bonchev–Trinajstić information content (AvgIpc) is 3.37. The predicted molar refractivity (Wildman–Crippen MR) is 112 cm³/mol. The van der Waals surface area contributed by atoms with Gasteiger partial charge in [0.25, 0.3) is 5.56 Å². The Morgan fingerprint density at radius 1 is 1.18 bits per heavy atom. The molecule has 2 aliphatic rings. The van der Waals surface area contributed by atoms with E-state index in [1.165, 1.54) is 27.1 Å². The molecule has 2 amide bonds. The first kappa shape index (κ1) is 19.6. The Kier molecular flexibility index (Phi) is 5.87. The first-order valence-electron chi connectivity index (χ1n) is 10.1. The van der Waals surface area contributed by atoms with Crippen LogP contribution in [0.1, 0.15) is 55.9 Å². The zero-order valence-corrected chi connectivity index (χ0v) is 17.8. The summed E-state index contributed by atoms with van der Waals surface area (Å²) in [4.78, 5) is 45.7. The van der Waals surface area contributed by atoms with Crippen LogP contribution in [-0.2, 0) is 29.0 Å². The van der Waals surface area contributed by atoms with Gasteiger partial charge in [0.15, 0.2) is 5.16 Å². The molecule has 4 rings (SSSR count). The third-order valence-electron chi connectivity index (χ3n) is 5.47. The number of carbonyl (C=O) groups is 2. The van der Waals surface area contributed by atoms with Gasteiger partial charge in [-0.15, -0.1) is 11.3 Å². The molecule has 1 saturated heterocycles. The van der Waals surface area contributed by atoms with Crippen LogP contribution in [0.25, 0.3) is 10.2 Å². The van der Waals surface area contributed by atoms with Crippen LogP contribution in [-0.4, -0.2) is 38.6 Å². The number of unbranched alkanes of at least 4 members (excludes halogenated alkanes) is 2. The van der Waals surface area contributed by atoms with Crippen LogP contribution in [0.5, 0.6) is 0 Å². The molecule has 0 aromatic carbocycles. The molecule has 0 saturated carbocycles. The fourth-order valence-electron chi connectivity index (χ4n) is 4.00. The molecule has 6 nitrogen and oxygen atoms in total. The van der Waals surface area contributed by atoms with E-state index in [2.05, 4.69) is 6.92 Å². The number of carbonyl (C=O) groups excluding carboxylic acids is 2. The van der Waals surface area contributed by atoms with Crippen molar-refractivity contribution < 1.29 is 9.59 Å². The summed E-state index contributed by atoms with van der Waals surface area (Å²) in [6.45, 7) is 3.27. The zero-order valence-electron chi connectivity index (χ0n) is 16.2. The van der Waals surface area contributed by atoms with Crippen LogP contribution in [0.4, 0.5) is 0 Å². The Labute approximate surface area is 172 Å². The highest BCUT2D eigenvalue weighted by atomic mass is 32.2. The van der Waals surface area contributed by atoms with E-state index in [9.17, 15) is 14.4 Å². The van der Waals surface area contributed by atoms with Crippen molar-refractivity contribution in [1.82, 2.24) is 14.5 Å². The van der Waals surface area contributed by atoms with Gasteiger partial charge in [-0.3, -0.25) is 23.9 Å². The summed E-state index contributed by atoms with van der Waals surface area (Å²) in [6, 6.07) is 0. The molecule has 2 aromatic heterocycles. The van der Waals surface area contributed by atoms with Crippen molar-refractivity contribution in [3.63, 3.8) is 0 Å². The van der Waals surface area contributed by atoms with Crippen molar-refractivity contribution in [3.8, 4) is 0 Å². The highest BCUT2D eigenvalue weighted by Crippen LogP contribution is 2.35. The fraction of sp³-hybridized carbons (Fsp3) is 0.600. The van der Waals surface area contributed by atoms with E-state index in [-0.39, 0.29) is 23.1 Å². The van der Waals surface area contributed by atoms with Crippen LogP contribution in [0, 0.1) is 0 Å². The number of rotatable bonds is 7. The molecule has 0 N–H and O–H groups in total. The Hall–Kier alpha value is -1.67. The number of aryl methyl sites for hydroxylation is 2. The Bertz CT molecular complexity index is 979. The third kappa shape index (κ3) is 3.64. The van der Waals surface area contributed by atoms with Gasteiger partial charge < -0.3 is 0 Å². The lowest BCUT2D eigenvalue weighted by Crippen LogP contribution is -2.33. The molecule has 0 atom stereocenters. The smallest absolute Gasteiger partial charge is 0.263 e. The Morgan fingerprint density at radius 3 is 2.79 bits per heavy atom. The average molecular weight is 420 g/mol. The molecular weight excluding hydrogens is 394 g/mol. The summed E-state index contributed by atoms with van der Waals surface area (Å²) < 4.78 is 1.76. The first-order valence-corrected chi connectivity index (χ1v) is 11.9. The minimum absolute atomic E-state index is 0.0349. The number of aromatic nitrogens is 2. The largest absolute Gasteiger partial charge is 0.287 e. The number of nitrogens with zero attached hydrogens (tertiary/aromatic N) is 3. The second-order valence-electron chi connectivity index (χ2n) is 7.43. The van der Waals surface area contributed by atoms with Gasteiger partial charge in [0.05, 0.1) is 11.1 Å². The van der Waals surface area contributed by atoms with E-state index in [4.69, 9.17) is 4.98 Å². The molecule has 150 valence electrons. The number of thioether (sulfide) groups is 1. The molecular formula is C20H25N3O3S2. The third-order valence-corrected chi connectivity index (χ3v) is 7.62. The van der Waals surface area contributed by atoms with Crippen LogP contribution in [0.2, 0.25) is 0 Å². The minimum Gasteiger partial charge on any atom is -0.287 e. The van der Waals surface area contributed by atoms with Crippen molar-refractivity contribution >= 4 is 45.1 Å². The van der Waals surface area contributed by atoms with E-state index >= 15 is 0 Å². The van der Waals surface area contributed by atoms with Gasteiger partial charge in [-0.05, 0) is 37.7 Å². The summed E-state index contributed by atoms with van der Waals surface area (Å²) in [5.41, 5.74) is 1.23. The lowest BCUT2D eigenvalue weighted by Gasteiger charge is -2.15. The second kappa shape index (κ2) is 8.37. The van der Waals surface area contributed by atoms with Gasteiger partial charge in [-0.25, -0.2) is 4.98 Å². The van der Waals surface area contributed by atoms with Crippen molar-refractivity contribution in [1.29, 1.82) is 0 Å². The summed E-state index contributed by atoms with van der Waals surface area (Å²) in [5, 5.41) is 1.40. The van der Waals surface area contributed by atoms with Gasteiger partial charge >= 0.3 is 0 Å². The van der Waals surface area contributed by atoms with Crippen molar-refractivity contribution in [2.24, 2.45) is 0 Å². The van der Waals surface area contributed by atoms with Crippen molar-refractivity contribution in [3.05, 3.63) is 20.8 Å². The predicted octanol–water partition coefficient (Wildman–Crippen LogP) is 3.38. The van der Waals surface area contributed by atoms with E-state index < -0.39 is 0 Å². The summed E-state index contributed by atoms with van der Waals surface area (Å²) in [5.74, 6) is -0.137. The number of likely N-dealkylation sites (tertiary alicyclic amines) is 1. The zero-order chi connectivity index (χ0) is 19.7. The topological polar surface area (TPSA) is 72.3 Å². The minimum atomic E-state index is -0.185. The standard InChI is InChI=1S/C20H25N3O3S2/c1-2-3-4-10-23-19(26)17-13-7-5-8-14(13)28-18(17)21-20(23)27-12-16(25)22-11-6-9-15(22)24/h2-12H2,1H3. The van der Waals surface area contributed by atoms with E-state index in [0.29, 0.717) is 24.7 Å². The maximum absolute atomic E-state index is 13.3.